The average molecular weight is 346 g/mol. The highest BCUT2D eigenvalue weighted by atomic mass is 35.5. The summed E-state index contributed by atoms with van der Waals surface area (Å²) >= 11 is 5.88. The number of halogens is 1. The second-order valence-corrected chi connectivity index (χ2v) is 5.91. The highest BCUT2D eigenvalue weighted by Gasteiger charge is 2.04. The average Bonchev–Trinajstić information content (AvgIpc) is 2.54. The maximum atomic E-state index is 11.7. The predicted molar refractivity (Wildman–Crippen MR) is 98.2 cm³/mol. The summed E-state index contributed by atoms with van der Waals surface area (Å²) in [5.74, 6) is 0.295. The maximum Gasteiger partial charge on any atom is 0.277 e. The summed E-state index contributed by atoms with van der Waals surface area (Å²) in [6.07, 6.45) is 1.59. The minimum absolute atomic E-state index is 0.112. The van der Waals surface area contributed by atoms with Gasteiger partial charge in [0.2, 0.25) is 0 Å². The second kappa shape index (κ2) is 8.36. The van der Waals surface area contributed by atoms with Crippen molar-refractivity contribution in [2.24, 2.45) is 5.10 Å². The summed E-state index contributed by atoms with van der Waals surface area (Å²) < 4.78 is 5.45. The molecule has 0 aromatic heterocycles. The molecule has 0 saturated carbocycles. The Morgan fingerprint density at radius 2 is 1.96 bits per heavy atom. The third kappa shape index (κ3) is 5.28. The molecular weight excluding hydrogens is 326 g/mol. The lowest BCUT2D eigenvalue weighted by molar-refractivity contribution is -0.123. The Labute approximate surface area is 146 Å². The van der Waals surface area contributed by atoms with Crippen molar-refractivity contribution in [1.82, 2.24) is 5.43 Å². The van der Waals surface area contributed by atoms with Crippen LogP contribution in [0.5, 0.6) is 5.75 Å². The van der Waals surface area contributed by atoms with Gasteiger partial charge in [-0.3, -0.25) is 4.79 Å². The number of hydrazone groups is 1. The predicted octanol–water partition coefficient (Wildman–Crippen LogP) is 3.24. The van der Waals surface area contributed by atoms with Crippen LogP contribution < -0.4 is 15.1 Å². The van der Waals surface area contributed by atoms with Crippen molar-refractivity contribution < 1.29 is 9.53 Å². The number of nitrogens with one attached hydrogen (secondary N) is 1. The molecule has 5 nitrogen and oxygen atoms in total. The normalized spacial score (nSPS) is 10.7. The van der Waals surface area contributed by atoms with E-state index in [2.05, 4.69) is 10.5 Å². The Hall–Kier alpha value is -2.53. The lowest BCUT2D eigenvalue weighted by Gasteiger charge is -2.11. The van der Waals surface area contributed by atoms with Crippen LogP contribution in [0.3, 0.4) is 0 Å². The van der Waals surface area contributed by atoms with Gasteiger partial charge in [-0.2, -0.15) is 5.10 Å². The summed E-state index contributed by atoms with van der Waals surface area (Å²) in [4.78, 5) is 13.8. The van der Waals surface area contributed by atoms with Crippen LogP contribution in [0.25, 0.3) is 0 Å². The molecule has 2 aromatic carbocycles. The van der Waals surface area contributed by atoms with Gasteiger partial charge in [-0.25, -0.2) is 5.43 Å². The van der Waals surface area contributed by atoms with E-state index in [0.717, 1.165) is 16.8 Å². The largest absolute Gasteiger partial charge is 0.483 e. The third-order valence-corrected chi connectivity index (χ3v) is 3.54. The first kappa shape index (κ1) is 17.8. The zero-order valence-corrected chi connectivity index (χ0v) is 14.7. The number of hydrogen-bond acceptors (Lipinski definition) is 4. The van der Waals surface area contributed by atoms with E-state index >= 15 is 0 Å². The van der Waals surface area contributed by atoms with E-state index in [1.807, 2.05) is 50.2 Å². The summed E-state index contributed by atoms with van der Waals surface area (Å²) in [6, 6.07) is 13.1. The molecule has 0 aliphatic heterocycles. The fourth-order valence-corrected chi connectivity index (χ4v) is 2.21. The number of hydrogen-bond donors (Lipinski definition) is 1. The monoisotopic (exact) mass is 345 g/mol. The van der Waals surface area contributed by atoms with Crippen LogP contribution in [0, 0.1) is 6.92 Å². The van der Waals surface area contributed by atoms with Gasteiger partial charge in [0, 0.05) is 24.8 Å². The molecule has 0 aliphatic rings. The van der Waals surface area contributed by atoms with Gasteiger partial charge in [0.15, 0.2) is 6.61 Å². The molecule has 0 spiro atoms. The Kier molecular flexibility index (Phi) is 6.21. The highest BCUT2D eigenvalue weighted by molar-refractivity contribution is 6.30. The molecule has 0 atom stereocenters. The molecule has 0 unspecified atom stereocenters. The first-order valence-corrected chi connectivity index (χ1v) is 7.82. The first-order chi connectivity index (χ1) is 11.5. The van der Waals surface area contributed by atoms with Crippen LogP contribution in [0.4, 0.5) is 5.69 Å². The number of rotatable bonds is 6. The van der Waals surface area contributed by atoms with E-state index in [1.54, 1.807) is 24.4 Å². The Balaban J connectivity index is 1.82. The van der Waals surface area contributed by atoms with Gasteiger partial charge >= 0.3 is 0 Å². The van der Waals surface area contributed by atoms with Gasteiger partial charge in [-0.15, -0.1) is 0 Å². The Morgan fingerprint density at radius 3 is 2.58 bits per heavy atom. The number of nitrogens with zero attached hydrogens (tertiary/aromatic N) is 2. The number of carbonyl (C=O) groups excluding carboxylic acids is 1. The minimum atomic E-state index is -0.328. The van der Waals surface area contributed by atoms with Crippen LogP contribution in [-0.2, 0) is 4.79 Å². The standard InChI is InChI=1S/C18H20ClN3O2/c1-13-10-15(19)6-9-17(13)24-12-18(23)21-20-11-14-4-7-16(8-5-14)22(2)3/h4-11H,12H2,1-3H3,(H,21,23)/b20-11-. The second-order valence-electron chi connectivity index (χ2n) is 5.48. The van der Waals surface area contributed by atoms with E-state index in [-0.39, 0.29) is 12.5 Å². The van der Waals surface area contributed by atoms with Gasteiger partial charge in [-0.1, -0.05) is 23.7 Å². The molecular formula is C18H20ClN3O2. The maximum absolute atomic E-state index is 11.7. The van der Waals surface area contributed by atoms with Crippen molar-refractivity contribution in [2.45, 2.75) is 6.92 Å². The molecule has 24 heavy (non-hydrogen) atoms. The molecule has 6 heteroatoms. The van der Waals surface area contributed by atoms with Gasteiger partial charge in [0.25, 0.3) is 5.91 Å². The fourth-order valence-electron chi connectivity index (χ4n) is 1.99. The number of carbonyl (C=O) groups is 1. The summed E-state index contributed by atoms with van der Waals surface area (Å²) in [5, 5.41) is 4.56. The molecule has 2 aromatic rings. The van der Waals surface area contributed by atoms with Gasteiger partial charge in [-0.05, 0) is 48.4 Å². The van der Waals surface area contributed by atoms with Gasteiger partial charge < -0.3 is 9.64 Å². The van der Waals surface area contributed by atoms with Crippen LogP contribution in [0.15, 0.2) is 47.6 Å². The topological polar surface area (TPSA) is 53.9 Å². The van der Waals surface area contributed by atoms with Crippen molar-refractivity contribution >= 4 is 29.4 Å². The van der Waals surface area contributed by atoms with Gasteiger partial charge in [0.05, 0.1) is 6.21 Å². The van der Waals surface area contributed by atoms with Crippen LogP contribution in [0.1, 0.15) is 11.1 Å². The summed E-state index contributed by atoms with van der Waals surface area (Å²) in [5.41, 5.74) is 5.31. The van der Waals surface area contributed by atoms with E-state index in [4.69, 9.17) is 16.3 Å². The Bertz CT molecular complexity index is 728. The summed E-state index contributed by atoms with van der Waals surface area (Å²) in [6.45, 7) is 1.76. The molecule has 0 fully saturated rings. The number of amides is 1. The van der Waals surface area contributed by atoms with Crippen molar-refractivity contribution in [3.05, 3.63) is 58.6 Å². The smallest absolute Gasteiger partial charge is 0.277 e. The summed E-state index contributed by atoms with van der Waals surface area (Å²) in [7, 11) is 3.96. The third-order valence-electron chi connectivity index (χ3n) is 3.31. The van der Waals surface area contributed by atoms with Crippen LogP contribution in [0.2, 0.25) is 5.02 Å². The van der Waals surface area contributed by atoms with E-state index in [0.29, 0.717) is 10.8 Å². The van der Waals surface area contributed by atoms with E-state index in [9.17, 15) is 4.79 Å². The molecule has 0 radical (unpaired) electrons. The van der Waals surface area contributed by atoms with Crippen molar-refractivity contribution in [3.8, 4) is 5.75 Å². The highest BCUT2D eigenvalue weighted by Crippen LogP contribution is 2.21. The molecule has 0 saturated heterocycles. The quantitative estimate of drug-likeness (QED) is 0.646. The van der Waals surface area contributed by atoms with E-state index in [1.165, 1.54) is 0 Å². The first-order valence-electron chi connectivity index (χ1n) is 7.44. The fraction of sp³-hybridized carbons (Fsp3) is 0.222. The lowest BCUT2D eigenvalue weighted by atomic mass is 10.2. The number of anilines is 1. The van der Waals surface area contributed by atoms with E-state index < -0.39 is 0 Å². The van der Waals surface area contributed by atoms with Crippen LogP contribution >= 0.6 is 11.6 Å². The number of benzene rings is 2. The number of ether oxygens (including phenoxy) is 1. The zero-order chi connectivity index (χ0) is 17.5. The van der Waals surface area contributed by atoms with Crippen molar-refractivity contribution in [3.63, 3.8) is 0 Å². The van der Waals surface area contributed by atoms with Crippen LogP contribution in [-0.4, -0.2) is 32.8 Å². The number of aryl methyl sites for hydroxylation is 1. The minimum Gasteiger partial charge on any atom is -0.483 e. The van der Waals surface area contributed by atoms with Gasteiger partial charge in [0.1, 0.15) is 5.75 Å². The molecule has 2 rings (SSSR count). The molecule has 0 aliphatic carbocycles. The van der Waals surface area contributed by atoms with Crippen molar-refractivity contribution in [1.29, 1.82) is 0 Å². The van der Waals surface area contributed by atoms with Crippen molar-refractivity contribution in [2.75, 3.05) is 25.6 Å². The zero-order valence-electron chi connectivity index (χ0n) is 13.9. The molecule has 0 bridgehead atoms. The molecule has 1 amide bonds. The Morgan fingerprint density at radius 1 is 1.25 bits per heavy atom. The SMILES string of the molecule is Cc1cc(Cl)ccc1OCC(=O)N/N=C\c1ccc(N(C)C)cc1. The molecule has 1 N–H and O–H groups in total. The molecule has 126 valence electrons. The lowest BCUT2D eigenvalue weighted by Crippen LogP contribution is -2.24. The molecule has 0 heterocycles.